The summed E-state index contributed by atoms with van der Waals surface area (Å²) in [6.07, 6.45) is 8.83. The predicted octanol–water partition coefficient (Wildman–Crippen LogP) is 2.84. The number of anilines is 1. The van der Waals surface area contributed by atoms with Gasteiger partial charge in [-0.05, 0) is 28.8 Å². The molecule has 0 saturated carbocycles. The number of unbranched alkanes of at least 4 members (excludes halogenated alkanes) is 1. The Morgan fingerprint density at radius 3 is 3.00 bits per heavy atom. The van der Waals surface area contributed by atoms with E-state index in [1.807, 2.05) is 10.8 Å². The number of aryl methyl sites for hydroxylation is 1. The normalized spacial score (nSPS) is 10.4. The third kappa shape index (κ3) is 4.02. The monoisotopic (exact) mass is 339 g/mol. The molecule has 0 radical (unpaired) electrons. The fraction of sp³-hybridized carbons (Fsp3) is 0.333. The van der Waals surface area contributed by atoms with Gasteiger partial charge in [-0.2, -0.15) is 0 Å². The topological polar surface area (TPSA) is 85.9 Å². The van der Waals surface area contributed by atoms with Crippen molar-refractivity contribution in [1.29, 1.82) is 0 Å². The number of imidazole rings is 1. The molecule has 2 heterocycles. The summed E-state index contributed by atoms with van der Waals surface area (Å²) in [5.74, 6) is 0.306. The minimum Gasteiger partial charge on any atom is -0.364 e. The van der Waals surface area contributed by atoms with Crippen molar-refractivity contribution in [2.45, 2.75) is 19.4 Å². The molecule has 0 saturated heterocycles. The lowest BCUT2D eigenvalue weighted by Crippen LogP contribution is -2.07. The summed E-state index contributed by atoms with van der Waals surface area (Å²) < 4.78 is 2.59. The molecule has 0 aliphatic carbocycles. The summed E-state index contributed by atoms with van der Waals surface area (Å²) in [4.78, 5) is 18.5. The predicted molar refractivity (Wildman–Crippen MR) is 78.5 cm³/mol. The number of rotatable bonds is 7. The summed E-state index contributed by atoms with van der Waals surface area (Å²) >= 11 is 3.18. The smallest absolute Gasteiger partial charge is 0.312 e. The number of aromatic nitrogens is 3. The Hall–Kier alpha value is -1.96. The molecule has 20 heavy (non-hydrogen) atoms. The van der Waals surface area contributed by atoms with Crippen LogP contribution in [0.15, 0.2) is 35.5 Å². The highest BCUT2D eigenvalue weighted by atomic mass is 79.9. The highest BCUT2D eigenvalue weighted by Gasteiger charge is 2.15. The van der Waals surface area contributed by atoms with Crippen molar-refractivity contribution in [1.82, 2.24) is 14.5 Å². The van der Waals surface area contributed by atoms with Crippen molar-refractivity contribution in [2.75, 3.05) is 11.9 Å². The zero-order valence-corrected chi connectivity index (χ0v) is 12.3. The largest absolute Gasteiger partial charge is 0.364 e. The molecule has 2 aromatic heterocycles. The van der Waals surface area contributed by atoms with Crippen molar-refractivity contribution in [2.24, 2.45) is 0 Å². The Kier molecular flexibility index (Phi) is 5.05. The SMILES string of the molecule is O=[N+]([O-])c1cc(Br)cnc1NCCCCn1ccnc1. The van der Waals surface area contributed by atoms with Gasteiger partial charge in [0, 0.05) is 42.2 Å². The van der Waals surface area contributed by atoms with Crippen LogP contribution in [0.5, 0.6) is 0 Å². The highest BCUT2D eigenvalue weighted by molar-refractivity contribution is 9.10. The van der Waals surface area contributed by atoms with Crippen LogP contribution in [0.1, 0.15) is 12.8 Å². The lowest BCUT2D eigenvalue weighted by molar-refractivity contribution is -0.384. The van der Waals surface area contributed by atoms with E-state index >= 15 is 0 Å². The van der Waals surface area contributed by atoms with Gasteiger partial charge in [0.1, 0.15) is 0 Å². The second kappa shape index (κ2) is 6.99. The lowest BCUT2D eigenvalue weighted by atomic mass is 10.3. The van der Waals surface area contributed by atoms with E-state index in [4.69, 9.17) is 0 Å². The van der Waals surface area contributed by atoms with Gasteiger partial charge in [0.2, 0.25) is 5.82 Å². The molecule has 8 heteroatoms. The van der Waals surface area contributed by atoms with Crippen LogP contribution in [0.4, 0.5) is 11.5 Å². The molecule has 1 N–H and O–H groups in total. The molecule has 0 aromatic carbocycles. The Balaban J connectivity index is 1.80. The molecular formula is C12H14BrN5O2. The minimum absolute atomic E-state index is 0.0195. The summed E-state index contributed by atoms with van der Waals surface area (Å²) in [6, 6.07) is 1.45. The first-order valence-electron chi connectivity index (χ1n) is 6.16. The number of nitrogens with one attached hydrogen (secondary N) is 1. The second-order valence-electron chi connectivity index (χ2n) is 4.21. The summed E-state index contributed by atoms with van der Waals surface area (Å²) in [7, 11) is 0. The maximum absolute atomic E-state index is 10.9. The van der Waals surface area contributed by atoms with Gasteiger partial charge in [0.25, 0.3) is 0 Å². The van der Waals surface area contributed by atoms with Crippen LogP contribution in [0.25, 0.3) is 0 Å². The number of hydrogen-bond acceptors (Lipinski definition) is 5. The number of nitro groups is 1. The fourth-order valence-corrected chi connectivity index (χ4v) is 2.07. The van der Waals surface area contributed by atoms with Crippen LogP contribution in [0.2, 0.25) is 0 Å². The van der Waals surface area contributed by atoms with Crippen molar-refractivity contribution in [3.63, 3.8) is 0 Å². The van der Waals surface area contributed by atoms with Gasteiger partial charge in [-0.3, -0.25) is 10.1 Å². The Labute approximate surface area is 124 Å². The second-order valence-corrected chi connectivity index (χ2v) is 5.13. The lowest BCUT2D eigenvalue weighted by Gasteiger charge is -2.06. The molecular weight excluding hydrogens is 326 g/mol. The molecule has 0 amide bonds. The van der Waals surface area contributed by atoms with Crippen LogP contribution in [0, 0.1) is 10.1 Å². The van der Waals surface area contributed by atoms with Gasteiger partial charge in [-0.25, -0.2) is 9.97 Å². The first-order valence-corrected chi connectivity index (χ1v) is 6.95. The highest BCUT2D eigenvalue weighted by Crippen LogP contribution is 2.25. The van der Waals surface area contributed by atoms with E-state index in [2.05, 4.69) is 31.2 Å². The quantitative estimate of drug-likeness (QED) is 0.476. The van der Waals surface area contributed by atoms with Crippen molar-refractivity contribution in [3.8, 4) is 0 Å². The van der Waals surface area contributed by atoms with E-state index in [1.54, 1.807) is 18.7 Å². The zero-order chi connectivity index (χ0) is 14.4. The molecule has 0 fully saturated rings. The van der Waals surface area contributed by atoms with Crippen molar-refractivity contribution >= 4 is 27.4 Å². The average molecular weight is 340 g/mol. The number of halogens is 1. The van der Waals surface area contributed by atoms with Crippen molar-refractivity contribution < 1.29 is 4.92 Å². The van der Waals surface area contributed by atoms with E-state index in [1.165, 1.54) is 6.07 Å². The molecule has 0 aliphatic heterocycles. The molecule has 0 spiro atoms. The van der Waals surface area contributed by atoms with E-state index in [9.17, 15) is 10.1 Å². The molecule has 7 nitrogen and oxygen atoms in total. The molecule has 2 aromatic rings. The average Bonchev–Trinajstić information content (AvgIpc) is 2.92. The van der Waals surface area contributed by atoms with Gasteiger partial charge in [-0.1, -0.05) is 0 Å². The van der Waals surface area contributed by atoms with Crippen LogP contribution in [-0.2, 0) is 6.54 Å². The van der Waals surface area contributed by atoms with Crippen LogP contribution < -0.4 is 5.32 Å². The van der Waals surface area contributed by atoms with Gasteiger partial charge < -0.3 is 9.88 Å². The van der Waals surface area contributed by atoms with E-state index in [0.29, 0.717) is 16.8 Å². The van der Waals surface area contributed by atoms with Crippen LogP contribution >= 0.6 is 15.9 Å². The Morgan fingerprint density at radius 1 is 1.45 bits per heavy atom. The molecule has 0 atom stereocenters. The zero-order valence-electron chi connectivity index (χ0n) is 10.7. The molecule has 2 rings (SSSR count). The van der Waals surface area contributed by atoms with Gasteiger partial charge >= 0.3 is 5.69 Å². The third-order valence-electron chi connectivity index (χ3n) is 2.73. The van der Waals surface area contributed by atoms with E-state index in [0.717, 1.165) is 19.4 Å². The fourth-order valence-electron chi connectivity index (χ4n) is 1.75. The molecule has 0 aliphatic rings. The summed E-state index contributed by atoms with van der Waals surface area (Å²) in [5.41, 5.74) is -0.0195. The number of pyridine rings is 1. The van der Waals surface area contributed by atoms with Crippen LogP contribution in [0.3, 0.4) is 0 Å². The first kappa shape index (κ1) is 14.4. The molecule has 0 unspecified atom stereocenters. The maximum atomic E-state index is 10.9. The van der Waals surface area contributed by atoms with E-state index < -0.39 is 4.92 Å². The Bertz CT molecular complexity index is 573. The molecule has 106 valence electrons. The first-order chi connectivity index (χ1) is 9.66. The van der Waals surface area contributed by atoms with E-state index in [-0.39, 0.29) is 5.69 Å². The minimum atomic E-state index is -0.439. The third-order valence-corrected chi connectivity index (χ3v) is 3.16. The van der Waals surface area contributed by atoms with Crippen molar-refractivity contribution in [3.05, 3.63) is 45.6 Å². The van der Waals surface area contributed by atoms with Crippen LogP contribution in [-0.4, -0.2) is 26.0 Å². The summed E-state index contributed by atoms with van der Waals surface area (Å²) in [5, 5.41) is 13.9. The maximum Gasteiger partial charge on any atom is 0.312 e. The molecule has 0 bridgehead atoms. The standard InChI is InChI=1S/C12H14BrN5O2/c13-10-7-11(18(19)20)12(16-8-10)15-3-1-2-5-17-6-4-14-9-17/h4,6-9H,1-3,5H2,(H,15,16). The van der Waals surface area contributed by atoms with Gasteiger partial charge in [-0.15, -0.1) is 0 Å². The summed E-state index contributed by atoms with van der Waals surface area (Å²) in [6.45, 7) is 1.53. The Morgan fingerprint density at radius 2 is 2.30 bits per heavy atom. The number of nitrogens with zero attached hydrogens (tertiary/aromatic N) is 4. The van der Waals surface area contributed by atoms with Gasteiger partial charge in [0.05, 0.1) is 11.3 Å². The number of hydrogen-bond donors (Lipinski definition) is 1. The van der Waals surface area contributed by atoms with Gasteiger partial charge in [0.15, 0.2) is 0 Å².